The van der Waals surface area contributed by atoms with Gasteiger partial charge in [-0.1, -0.05) is 0 Å². The molecular weight excluding hydrogens is 136 g/mol. The first-order valence-electron chi connectivity index (χ1n) is 3.26. The van der Waals surface area contributed by atoms with Crippen LogP contribution in [0.25, 0.3) is 0 Å². The minimum Gasteiger partial charge on any atom is -0.459 e. The number of rotatable bonds is 0. The molecule has 0 aromatic rings. The fourth-order valence-corrected chi connectivity index (χ4v) is 1.39. The van der Waals surface area contributed by atoms with Crippen molar-refractivity contribution >= 4 is 5.97 Å². The fraction of sp³-hybridized carbons (Fsp3) is 0.833. The molecule has 2 heterocycles. The van der Waals surface area contributed by atoms with Crippen LogP contribution in [0.15, 0.2) is 0 Å². The van der Waals surface area contributed by atoms with E-state index in [9.17, 15) is 4.79 Å². The lowest BCUT2D eigenvalue weighted by atomic mass is 10.0. The maximum Gasteiger partial charge on any atom is 0.306 e. The molecule has 0 bridgehead atoms. The normalized spacial score (nSPS) is 45.3. The van der Waals surface area contributed by atoms with Crippen molar-refractivity contribution < 1.29 is 19.4 Å². The molecule has 0 amide bonds. The van der Waals surface area contributed by atoms with Gasteiger partial charge in [-0.05, 0) is 0 Å². The number of ether oxygens (including phenoxy) is 2. The quantitative estimate of drug-likeness (QED) is 0.455. The molecule has 0 aromatic carbocycles. The van der Waals surface area contributed by atoms with Crippen molar-refractivity contribution in [3.8, 4) is 0 Å². The Kier molecular flexibility index (Phi) is 1.18. The topological polar surface area (TPSA) is 55.8 Å². The predicted octanol–water partition coefficient (Wildman–Crippen LogP) is -0.733. The third-order valence-corrected chi connectivity index (χ3v) is 1.96. The van der Waals surface area contributed by atoms with Crippen LogP contribution in [0, 0.1) is 5.92 Å². The molecule has 3 atom stereocenters. The number of aliphatic hydroxyl groups excluding tert-OH is 1. The van der Waals surface area contributed by atoms with E-state index in [1.54, 1.807) is 0 Å². The van der Waals surface area contributed by atoms with Crippen LogP contribution < -0.4 is 0 Å². The summed E-state index contributed by atoms with van der Waals surface area (Å²) in [4.78, 5) is 10.6. The molecule has 4 nitrogen and oxygen atoms in total. The van der Waals surface area contributed by atoms with Gasteiger partial charge in [-0.2, -0.15) is 0 Å². The Labute approximate surface area is 57.7 Å². The number of carbonyl (C=O) groups excluding carboxylic acids is 1. The van der Waals surface area contributed by atoms with Gasteiger partial charge < -0.3 is 14.6 Å². The zero-order chi connectivity index (χ0) is 7.14. The highest BCUT2D eigenvalue weighted by atomic mass is 16.6. The minimum absolute atomic E-state index is 0.118. The van der Waals surface area contributed by atoms with Crippen molar-refractivity contribution in [2.45, 2.75) is 18.8 Å². The van der Waals surface area contributed by atoms with Crippen molar-refractivity contribution in [3.05, 3.63) is 0 Å². The molecule has 2 rings (SSSR count). The maximum atomic E-state index is 10.6. The standard InChI is InChI=1S/C6H8O4/c7-5-1-3-4(10-5)2-9-6(3)8/h3-4,6,8H,1-2H2. The zero-order valence-corrected chi connectivity index (χ0v) is 5.32. The minimum atomic E-state index is -0.795. The van der Waals surface area contributed by atoms with E-state index in [0.717, 1.165) is 0 Å². The van der Waals surface area contributed by atoms with Gasteiger partial charge in [0.05, 0.1) is 18.9 Å². The highest BCUT2D eigenvalue weighted by Gasteiger charge is 2.45. The second kappa shape index (κ2) is 1.93. The van der Waals surface area contributed by atoms with E-state index in [-0.39, 0.29) is 18.0 Å². The molecule has 0 aromatic heterocycles. The van der Waals surface area contributed by atoms with E-state index in [4.69, 9.17) is 14.6 Å². The average molecular weight is 144 g/mol. The SMILES string of the molecule is O=C1CC2C(O)OCC2O1. The van der Waals surface area contributed by atoms with Gasteiger partial charge in [-0.3, -0.25) is 4.79 Å². The van der Waals surface area contributed by atoms with Crippen LogP contribution in [0.5, 0.6) is 0 Å². The van der Waals surface area contributed by atoms with E-state index < -0.39 is 6.29 Å². The van der Waals surface area contributed by atoms with Crippen LogP contribution in [0.1, 0.15) is 6.42 Å². The molecule has 0 saturated carbocycles. The van der Waals surface area contributed by atoms with Gasteiger partial charge in [0.2, 0.25) is 0 Å². The molecule has 1 N–H and O–H groups in total. The third-order valence-electron chi connectivity index (χ3n) is 1.96. The first-order chi connectivity index (χ1) is 4.77. The Hall–Kier alpha value is -0.610. The van der Waals surface area contributed by atoms with Gasteiger partial charge >= 0.3 is 5.97 Å². The summed E-state index contributed by atoms with van der Waals surface area (Å²) < 4.78 is 9.68. The van der Waals surface area contributed by atoms with Crippen LogP contribution in [0.2, 0.25) is 0 Å². The number of fused-ring (bicyclic) bond motifs is 1. The van der Waals surface area contributed by atoms with Gasteiger partial charge in [0, 0.05) is 0 Å². The summed E-state index contributed by atoms with van der Waals surface area (Å²) >= 11 is 0. The molecule has 2 aliphatic rings. The summed E-state index contributed by atoms with van der Waals surface area (Å²) in [5.74, 6) is -0.343. The Morgan fingerprint density at radius 3 is 3.10 bits per heavy atom. The first-order valence-corrected chi connectivity index (χ1v) is 3.26. The molecule has 2 fully saturated rings. The largest absolute Gasteiger partial charge is 0.459 e. The molecule has 3 unspecified atom stereocenters. The van der Waals surface area contributed by atoms with Gasteiger partial charge in [0.1, 0.15) is 6.10 Å². The highest BCUT2D eigenvalue weighted by molar-refractivity contribution is 5.72. The summed E-state index contributed by atoms with van der Waals surface area (Å²) in [6.45, 7) is 0.345. The number of aliphatic hydroxyl groups is 1. The molecule has 10 heavy (non-hydrogen) atoms. The predicted molar refractivity (Wildman–Crippen MR) is 29.9 cm³/mol. The molecule has 2 saturated heterocycles. The van der Waals surface area contributed by atoms with E-state index >= 15 is 0 Å². The summed E-state index contributed by atoms with van der Waals surface area (Å²) in [6, 6.07) is 0. The van der Waals surface area contributed by atoms with Crippen LogP contribution in [-0.4, -0.2) is 30.1 Å². The van der Waals surface area contributed by atoms with Gasteiger partial charge in [0.15, 0.2) is 6.29 Å². The molecule has 2 aliphatic heterocycles. The van der Waals surface area contributed by atoms with Crippen molar-refractivity contribution in [2.24, 2.45) is 5.92 Å². The van der Waals surface area contributed by atoms with Gasteiger partial charge in [-0.25, -0.2) is 0 Å². The second-order valence-corrected chi connectivity index (χ2v) is 2.62. The average Bonchev–Trinajstić information content (AvgIpc) is 2.35. The number of hydrogen-bond donors (Lipinski definition) is 1. The number of carbonyl (C=O) groups is 1. The smallest absolute Gasteiger partial charge is 0.306 e. The van der Waals surface area contributed by atoms with Crippen molar-refractivity contribution in [1.29, 1.82) is 0 Å². The van der Waals surface area contributed by atoms with E-state index in [1.165, 1.54) is 0 Å². The van der Waals surface area contributed by atoms with Crippen LogP contribution in [-0.2, 0) is 14.3 Å². The lowest BCUT2D eigenvalue weighted by molar-refractivity contribution is -0.144. The van der Waals surface area contributed by atoms with Gasteiger partial charge in [0.25, 0.3) is 0 Å². The van der Waals surface area contributed by atoms with E-state index in [2.05, 4.69) is 0 Å². The maximum absolute atomic E-state index is 10.6. The molecule has 4 heteroatoms. The Morgan fingerprint density at radius 1 is 1.60 bits per heavy atom. The highest BCUT2D eigenvalue weighted by Crippen LogP contribution is 2.31. The van der Waals surface area contributed by atoms with Crippen molar-refractivity contribution in [2.75, 3.05) is 6.61 Å². The molecule has 0 aliphatic carbocycles. The summed E-state index contributed by atoms with van der Waals surface area (Å²) in [7, 11) is 0. The third kappa shape index (κ3) is 0.726. The van der Waals surface area contributed by atoms with Crippen LogP contribution in [0.3, 0.4) is 0 Å². The molecular formula is C6H8O4. The monoisotopic (exact) mass is 144 g/mol. The van der Waals surface area contributed by atoms with E-state index in [0.29, 0.717) is 13.0 Å². The van der Waals surface area contributed by atoms with Crippen LogP contribution >= 0.6 is 0 Å². The summed E-state index contributed by atoms with van der Waals surface area (Å²) in [6.07, 6.45) is -0.690. The number of esters is 1. The van der Waals surface area contributed by atoms with E-state index in [1.807, 2.05) is 0 Å². The first kappa shape index (κ1) is 6.12. The summed E-state index contributed by atoms with van der Waals surface area (Å²) in [5, 5.41) is 9.06. The zero-order valence-electron chi connectivity index (χ0n) is 5.32. The lowest BCUT2D eigenvalue weighted by Crippen LogP contribution is -2.18. The number of hydrogen-bond acceptors (Lipinski definition) is 4. The van der Waals surface area contributed by atoms with Gasteiger partial charge in [-0.15, -0.1) is 0 Å². The molecule has 0 spiro atoms. The Bertz CT molecular complexity index is 167. The Balaban J connectivity index is 2.12. The second-order valence-electron chi connectivity index (χ2n) is 2.62. The fourth-order valence-electron chi connectivity index (χ4n) is 1.39. The molecule has 56 valence electrons. The van der Waals surface area contributed by atoms with Crippen molar-refractivity contribution in [1.82, 2.24) is 0 Å². The van der Waals surface area contributed by atoms with Crippen molar-refractivity contribution in [3.63, 3.8) is 0 Å². The van der Waals surface area contributed by atoms with Crippen LogP contribution in [0.4, 0.5) is 0 Å². The lowest BCUT2D eigenvalue weighted by Gasteiger charge is -2.05. The summed E-state index contributed by atoms with van der Waals surface area (Å²) in [5.41, 5.74) is 0. The molecule has 0 radical (unpaired) electrons. The Morgan fingerprint density at radius 2 is 2.40 bits per heavy atom.